The molecule has 2 atom stereocenters. The van der Waals surface area contributed by atoms with E-state index < -0.39 is 17.6 Å². The zero-order valence-electron chi connectivity index (χ0n) is 11.6. The minimum absolute atomic E-state index is 0.160. The van der Waals surface area contributed by atoms with Crippen LogP contribution in [-0.4, -0.2) is 48.3 Å². The van der Waals surface area contributed by atoms with Crippen LogP contribution in [0.1, 0.15) is 12.8 Å². The zero-order chi connectivity index (χ0) is 14.9. The van der Waals surface area contributed by atoms with Crippen LogP contribution in [0, 0.1) is 0 Å². The fourth-order valence-electron chi connectivity index (χ4n) is 2.94. The number of benzene rings is 1. The monoisotopic (exact) mass is 290 g/mol. The minimum Gasteiger partial charge on any atom is -0.394 e. The number of rotatable bonds is 2. The molecule has 2 fully saturated rings. The Bertz CT molecular complexity index is 548. The number of hydrogen-bond donors (Lipinski definition) is 2. The van der Waals surface area contributed by atoms with Crippen LogP contribution < -0.4 is 10.2 Å². The molecule has 2 heterocycles. The highest BCUT2D eigenvalue weighted by atomic mass is 16.5. The maximum atomic E-state index is 12.3. The summed E-state index contributed by atoms with van der Waals surface area (Å²) < 4.78 is 5.82. The van der Waals surface area contributed by atoms with Gasteiger partial charge in [0.25, 0.3) is 5.91 Å². The summed E-state index contributed by atoms with van der Waals surface area (Å²) in [5.74, 6) is -0.676. The molecule has 0 saturated carbocycles. The molecule has 2 N–H and O–H groups in total. The predicted octanol–water partition coefficient (Wildman–Crippen LogP) is 0.0595. The highest BCUT2D eigenvalue weighted by molar-refractivity contribution is 6.02. The van der Waals surface area contributed by atoms with E-state index in [-0.39, 0.29) is 18.9 Å². The van der Waals surface area contributed by atoms with E-state index in [9.17, 15) is 14.7 Å². The third-order valence-corrected chi connectivity index (χ3v) is 4.01. The van der Waals surface area contributed by atoms with Crippen molar-refractivity contribution < 1.29 is 19.4 Å². The van der Waals surface area contributed by atoms with Gasteiger partial charge in [-0.15, -0.1) is 0 Å². The lowest BCUT2D eigenvalue weighted by Gasteiger charge is -2.47. The number of hydrogen-bond acceptors (Lipinski definition) is 5. The van der Waals surface area contributed by atoms with Crippen LogP contribution in [0.2, 0.25) is 0 Å². The average molecular weight is 290 g/mol. The molecule has 1 aromatic rings. The lowest BCUT2D eigenvalue weighted by atomic mass is 9.89. The van der Waals surface area contributed by atoms with E-state index in [2.05, 4.69) is 5.32 Å². The number of nitrogens with one attached hydrogen (secondary N) is 1. The predicted molar refractivity (Wildman–Crippen MR) is 75.7 cm³/mol. The molecule has 2 unspecified atom stereocenters. The third-order valence-electron chi connectivity index (χ3n) is 4.01. The van der Waals surface area contributed by atoms with Gasteiger partial charge in [-0.05, 0) is 18.6 Å². The van der Waals surface area contributed by atoms with Crippen molar-refractivity contribution in [3.63, 3.8) is 0 Å². The van der Waals surface area contributed by atoms with E-state index in [1.54, 1.807) is 0 Å². The summed E-state index contributed by atoms with van der Waals surface area (Å²) in [5.41, 5.74) is -0.0848. The third kappa shape index (κ3) is 2.64. The van der Waals surface area contributed by atoms with Crippen LogP contribution in [-0.2, 0) is 14.3 Å². The van der Waals surface area contributed by atoms with Crippen LogP contribution in [0.25, 0.3) is 0 Å². The Hall–Kier alpha value is -1.92. The number of para-hydroxylation sites is 1. The number of aliphatic hydroxyl groups is 1. The van der Waals surface area contributed by atoms with Crippen molar-refractivity contribution in [2.75, 3.05) is 24.6 Å². The number of morpholine rings is 1. The first kappa shape index (κ1) is 14.0. The van der Waals surface area contributed by atoms with E-state index in [0.717, 1.165) is 5.69 Å². The Labute approximate surface area is 122 Å². The molecule has 21 heavy (non-hydrogen) atoms. The SMILES string of the molecule is O=C1CCC2(CN(c3ccccc3)CC(CO)O2)C(=O)N1. The first-order valence-corrected chi connectivity index (χ1v) is 7.06. The molecule has 1 aromatic carbocycles. The normalized spacial score (nSPS) is 29.6. The van der Waals surface area contributed by atoms with Crippen molar-refractivity contribution in [1.82, 2.24) is 5.32 Å². The van der Waals surface area contributed by atoms with Gasteiger partial charge in [0.2, 0.25) is 5.91 Å². The van der Waals surface area contributed by atoms with Gasteiger partial charge in [-0.2, -0.15) is 0 Å². The number of ether oxygens (including phenoxy) is 1. The molecule has 112 valence electrons. The summed E-state index contributed by atoms with van der Waals surface area (Å²) in [6.45, 7) is 0.739. The number of anilines is 1. The number of amides is 2. The Balaban J connectivity index is 1.88. The highest BCUT2D eigenvalue weighted by Gasteiger charge is 2.49. The summed E-state index contributed by atoms with van der Waals surface area (Å²) in [6.07, 6.45) is 0.155. The van der Waals surface area contributed by atoms with Crippen LogP contribution in [0.3, 0.4) is 0 Å². The number of imide groups is 1. The average Bonchev–Trinajstić information content (AvgIpc) is 2.52. The van der Waals surface area contributed by atoms with Gasteiger partial charge in [0.1, 0.15) is 0 Å². The standard InChI is InChI=1S/C15H18N2O4/c18-9-12-8-17(11-4-2-1-3-5-11)10-15(21-12)7-6-13(19)16-14(15)20/h1-5,12,18H,6-10H2,(H,16,19,20). The molecular weight excluding hydrogens is 272 g/mol. The number of carbonyl (C=O) groups excluding carboxylic acids is 2. The van der Waals surface area contributed by atoms with Gasteiger partial charge < -0.3 is 14.7 Å². The molecule has 6 nitrogen and oxygen atoms in total. The van der Waals surface area contributed by atoms with Crippen molar-refractivity contribution in [3.8, 4) is 0 Å². The van der Waals surface area contributed by atoms with Gasteiger partial charge in [0, 0.05) is 18.7 Å². The lowest BCUT2D eigenvalue weighted by molar-refractivity contribution is -0.171. The maximum absolute atomic E-state index is 12.3. The van der Waals surface area contributed by atoms with E-state index in [1.807, 2.05) is 35.2 Å². The molecule has 0 bridgehead atoms. The molecule has 6 heteroatoms. The second kappa shape index (κ2) is 5.46. The Morgan fingerprint density at radius 3 is 2.76 bits per heavy atom. The fourth-order valence-corrected chi connectivity index (χ4v) is 2.94. The smallest absolute Gasteiger partial charge is 0.260 e. The van der Waals surface area contributed by atoms with Crippen LogP contribution in [0.5, 0.6) is 0 Å². The Morgan fingerprint density at radius 1 is 1.33 bits per heavy atom. The van der Waals surface area contributed by atoms with Gasteiger partial charge in [0.05, 0.1) is 19.3 Å². The second-order valence-corrected chi connectivity index (χ2v) is 5.51. The summed E-state index contributed by atoms with van der Waals surface area (Å²) in [7, 11) is 0. The quantitative estimate of drug-likeness (QED) is 0.753. The van der Waals surface area contributed by atoms with Crippen molar-refractivity contribution in [2.45, 2.75) is 24.5 Å². The molecule has 0 aliphatic carbocycles. The van der Waals surface area contributed by atoms with Gasteiger partial charge in [-0.3, -0.25) is 14.9 Å². The van der Waals surface area contributed by atoms with E-state index >= 15 is 0 Å². The van der Waals surface area contributed by atoms with Crippen LogP contribution >= 0.6 is 0 Å². The van der Waals surface area contributed by atoms with Crippen molar-refractivity contribution in [3.05, 3.63) is 30.3 Å². The Morgan fingerprint density at radius 2 is 2.10 bits per heavy atom. The molecule has 0 aromatic heterocycles. The number of aliphatic hydroxyl groups excluding tert-OH is 1. The van der Waals surface area contributed by atoms with E-state index in [4.69, 9.17) is 4.74 Å². The fraction of sp³-hybridized carbons (Fsp3) is 0.467. The van der Waals surface area contributed by atoms with Crippen molar-refractivity contribution in [2.24, 2.45) is 0 Å². The number of nitrogens with zero attached hydrogens (tertiary/aromatic N) is 1. The molecule has 1 spiro atoms. The largest absolute Gasteiger partial charge is 0.394 e. The van der Waals surface area contributed by atoms with E-state index in [1.165, 1.54) is 0 Å². The maximum Gasteiger partial charge on any atom is 0.260 e. The number of carbonyl (C=O) groups is 2. The molecule has 0 radical (unpaired) electrons. The lowest BCUT2D eigenvalue weighted by Crippen LogP contribution is -2.66. The first-order valence-electron chi connectivity index (χ1n) is 7.06. The van der Waals surface area contributed by atoms with Gasteiger partial charge >= 0.3 is 0 Å². The highest BCUT2D eigenvalue weighted by Crippen LogP contribution is 2.32. The first-order chi connectivity index (χ1) is 10.1. The summed E-state index contributed by atoms with van der Waals surface area (Å²) in [6, 6.07) is 9.69. The van der Waals surface area contributed by atoms with Gasteiger partial charge in [-0.25, -0.2) is 0 Å². The molecule has 3 rings (SSSR count). The summed E-state index contributed by atoms with van der Waals surface area (Å²) in [5, 5.41) is 11.8. The second-order valence-electron chi connectivity index (χ2n) is 5.51. The van der Waals surface area contributed by atoms with Crippen molar-refractivity contribution >= 4 is 17.5 Å². The molecule has 2 saturated heterocycles. The van der Waals surface area contributed by atoms with Gasteiger partial charge in [0.15, 0.2) is 5.60 Å². The zero-order valence-corrected chi connectivity index (χ0v) is 11.6. The molecular formula is C15H18N2O4. The van der Waals surface area contributed by atoms with Gasteiger partial charge in [-0.1, -0.05) is 18.2 Å². The summed E-state index contributed by atoms with van der Waals surface area (Å²) in [4.78, 5) is 25.6. The van der Waals surface area contributed by atoms with E-state index in [0.29, 0.717) is 19.5 Å². The number of piperidine rings is 1. The van der Waals surface area contributed by atoms with Crippen molar-refractivity contribution in [1.29, 1.82) is 0 Å². The molecule has 2 aliphatic heterocycles. The summed E-state index contributed by atoms with van der Waals surface area (Å²) >= 11 is 0. The molecule has 2 amide bonds. The minimum atomic E-state index is -1.06. The topological polar surface area (TPSA) is 78.9 Å². The van der Waals surface area contributed by atoms with Crippen LogP contribution in [0.15, 0.2) is 30.3 Å². The Kier molecular flexibility index (Phi) is 3.65. The van der Waals surface area contributed by atoms with Crippen LogP contribution in [0.4, 0.5) is 5.69 Å². The molecule has 2 aliphatic rings.